The summed E-state index contributed by atoms with van der Waals surface area (Å²) in [4.78, 5) is 34.6. The van der Waals surface area contributed by atoms with E-state index in [0.717, 1.165) is 102 Å². The highest BCUT2D eigenvalue weighted by atomic mass is 31.2. The molecule has 0 aliphatic carbocycles. The van der Waals surface area contributed by atoms with E-state index < -0.39 is 7.60 Å². The number of nitrogens with zero attached hydrogens (tertiary/aromatic N) is 8. The van der Waals surface area contributed by atoms with Crippen LogP contribution < -0.4 is 15.5 Å². The average Bonchev–Trinajstić information content (AvgIpc) is 3.44. The molecule has 2 aromatic rings. The van der Waals surface area contributed by atoms with E-state index in [9.17, 15) is 14.4 Å². The van der Waals surface area contributed by atoms with Crippen molar-refractivity contribution < 1.29 is 23.8 Å². The second-order valence-electron chi connectivity index (χ2n) is 10.8. The van der Waals surface area contributed by atoms with Crippen LogP contribution in [0.15, 0.2) is 12.3 Å². The van der Waals surface area contributed by atoms with Gasteiger partial charge in [0.2, 0.25) is 5.95 Å². The van der Waals surface area contributed by atoms with Gasteiger partial charge in [0.05, 0.1) is 45.3 Å². The van der Waals surface area contributed by atoms with Crippen molar-refractivity contribution in [2.75, 3.05) is 100 Å². The molecule has 0 amide bonds. The lowest BCUT2D eigenvalue weighted by atomic mass is 10.1. The first-order valence-corrected chi connectivity index (χ1v) is 16.4. The van der Waals surface area contributed by atoms with Crippen molar-refractivity contribution in [1.29, 1.82) is 0 Å². The standard InChI is InChI=1S/C25H43N10O5P/c36-41(37,38)17-12-33-6-2-21(3-7-33)27-23-18-24(34-10-15-40-16-11-34)29-25(28-23)26-19-22-20-35(31-30-22)5-1-4-32-8-13-39-14-9-32/h18,20-21H,1-17,19H2,(H2,36,37,38)(H2,26,27,28,29). The Morgan fingerprint density at radius 2 is 1.63 bits per heavy atom. The van der Waals surface area contributed by atoms with E-state index in [1.54, 1.807) is 0 Å². The summed E-state index contributed by atoms with van der Waals surface area (Å²) in [5.41, 5.74) is 0.828. The Hall–Kier alpha value is -2.39. The van der Waals surface area contributed by atoms with Crippen LogP contribution in [0, 0.1) is 0 Å². The van der Waals surface area contributed by atoms with E-state index >= 15 is 0 Å². The molecule has 2 aromatic heterocycles. The molecule has 4 N–H and O–H groups in total. The first-order chi connectivity index (χ1) is 19.9. The quantitative estimate of drug-likeness (QED) is 0.234. The minimum Gasteiger partial charge on any atom is -0.379 e. The molecule has 0 bridgehead atoms. The van der Waals surface area contributed by atoms with Gasteiger partial charge in [-0.25, -0.2) is 0 Å². The Kier molecular flexibility index (Phi) is 10.8. The van der Waals surface area contributed by atoms with Crippen LogP contribution in [0.4, 0.5) is 17.6 Å². The highest BCUT2D eigenvalue weighted by molar-refractivity contribution is 7.51. The number of piperidine rings is 1. The highest BCUT2D eigenvalue weighted by Gasteiger charge is 2.23. The molecule has 3 saturated heterocycles. The molecule has 3 aliphatic heterocycles. The van der Waals surface area contributed by atoms with Crippen LogP contribution in [0.25, 0.3) is 0 Å². The van der Waals surface area contributed by atoms with E-state index in [2.05, 4.69) is 35.6 Å². The summed E-state index contributed by atoms with van der Waals surface area (Å²) in [6.45, 7) is 10.8. The Morgan fingerprint density at radius 3 is 2.37 bits per heavy atom. The van der Waals surface area contributed by atoms with Gasteiger partial charge in [0.25, 0.3) is 0 Å². The molecule has 3 fully saturated rings. The lowest BCUT2D eigenvalue weighted by Crippen LogP contribution is -2.40. The zero-order valence-corrected chi connectivity index (χ0v) is 24.5. The molecule has 41 heavy (non-hydrogen) atoms. The van der Waals surface area contributed by atoms with Crippen LogP contribution in [0.3, 0.4) is 0 Å². The van der Waals surface area contributed by atoms with Crippen LogP contribution >= 0.6 is 7.60 Å². The number of anilines is 3. The third-order valence-electron chi connectivity index (χ3n) is 7.67. The van der Waals surface area contributed by atoms with Gasteiger partial charge < -0.3 is 39.7 Å². The number of aromatic nitrogens is 5. The van der Waals surface area contributed by atoms with Gasteiger partial charge in [-0.15, -0.1) is 5.10 Å². The van der Waals surface area contributed by atoms with Gasteiger partial charge in [-0.05, 0) is 19.3 Å². The maximum absolute atomic E-state index is 11.2. The van der Waals surface area contributed by atoms with Gasteiger partial charge in [0, 0.05) is 71.0 Å². The molecular weight excluding hydrogens is 551 g/mol. The van der Waals surface area contributed by atoms with Crippen molar-refractivity contribution in [3.8, 4) is 0 Å². The number of rotatable bonds is 13. The molecule has 16 heteroatoms. The minimum absolute atomic E-state index is 0.100. The molecule has 0 radical (unpaired) electrons. The van der Waals surface area contributed by atoms with Crippen molar-refractivity contribution >= 4 is 25.2 Å². The molecular formula is C25H43N10O5P. The molecule has 0 aromatic carbocycles. The highest BCUT2D eigenvalue weighted by Crippen LogP contribution is 2.34. The van der Waals surface area contributed by atoms with Gasteiger partial charge in [-0.1, -0.05) is 5.21 Å². The van der Waals surface area contributed by atoms with Gasteiger partial charge >= 0.3 is 7.60 Å². The summed E-state index contributed by atoms with van der Waals surface area (Å²) in [6, 6.07) is 2.21. The Balaban J connectivity index is 1.15. The fourth-order valence-corrected chi connectivity index (χ4v) is 5.85. The molecule has 5 rings (SSSR count). The Morgan fingerprint density at radius 1 is 0.927 bits per heavy atom. The minimum atomic E-state index is -3.98. The number of aryl methyl sites for hydroxylation is 1. The fraction of sp³-hybridized carbons (Fsp3) is 0.760. The van der Waals surface area contributed by atoms with Crippen molar-refractivity contribution in [1.82, 2.24) is 34.8 Å². The second-order valence-corrected chi connectivity index (χ2v) is 12.6. The van der Waals surface area contributed by atoms with Crippen molar-refractivity contribution in [3.63, 3.8) is 0 Å². The summed E-state index contributed by atoms with van der Waals surface area (Å²) in [7, 11) is -3.98. The van der Waals surface area contributed by atoms with E-state index in [1.807, 2.05) is 16.9 Å². The van der Waals surface area contributed by atoms with Crippen molar-refractivity contribution in [2.45, 2.75) is 38.4 Å². The Bertz CT molecular complexity index is 1130. The SMILES string of the molecule is O=P(O)(O)CCN1CCC(Nc2cc(N3CCOCC3)nc(NCc3cn(CCCN4CCOCC4)nn3)n2)CC1. The number of hydrogen-bond donors (Lipinski definition) is 4. The number of morpholine rings is 2. The van der Waals surface area contributed by atoms with Gasteiger partial charge in [-0.2, -0.15) is 9.97 Å². The molecule has 5 heterocycles. The fourth-order valence-electron chi connectivity index (χ4n) is 5.30. The molecule has 3 aliphatic rings. The van der Waals surface area contributed by atoms with Crippen LogP contribution in [-0.4, -0.2) is 136 Å². The Labute approximate surface area is 240 Å². The molecule has 0 atom stereocenters. The van der Waals surface area contributed by atoms with Gasteiger partial charge in [0.15, 0.2) is 0 Å². The van der Waals surface area contributed by atoms with Crippen molar-refractivity contribution in [3.05, 3.63) is 18.0 Å². The average molecular weight is 595 g/mol. The van der Waals surface area contributed by atoms with E-state index in [0.29, 0.717) is 32.3 Å². The van der Waals surface area contributed by atoms with Crippen LogP contribution in [-0.2, 0) is 27.1 Å². The van der Waals surface area contributed by atoms with E-state index in [-0.39, 0.29) is 12.2 Å². The first kappa shape index (κ1) is 30.1. The molecule has 228 valence electrons. The van der Waals surface area contributed by atoms with Crippen LogP contribution in [0.2, 0.25) is 0 Å². The van der Waals surface area contributed by atoms with E-state index in [1.165, 1.54) is 0 Å². The van der Waals surface area contributed by atoms with Crippen molar-refractivity contribution in [2.24, 2.45) is 0 Å². The summed E-state index contributed by atoms with van der Waals surface area (Å²) >= 11 is 0. The van der Waals surface area contributed by atoms with E-state index in [4.69, 9.17) is 19.4 Å². The third-order valence-corrected chi connectivity index (χ3v) is 8.46. The molecule has 0 spiro atoms. The van der Waals surface area contributed by atoms with Crippen LogP contribution in [0.5, 0.6) is 0 Å². The summed E-state index contributed by atoms with van der Waals surface area (Å²) in [6.07, 6.45) is 4.62. The molecule has 15 nitrogen and oxygen atoms in total. The third kappa shape index (κ3) is 9.84. The van der Waals surface area contributed by atoms with Gasteiger partial charge in [-0.3, -0.25) is 14.1 Å². The summed E-state index contributed by atoms with van der Waals surface area (Å²) in [5, 5.41) is 15.5. The van der Waals surface area contributed by atoms with Crippen LogP contribution in [0.1, 0.15) is 25.0 Å². The summed E-state index contributed by atoms with van der Waals surface area (Å²) in [5.74, 6) is 2.13. The number of ether oxygens (including phenoxy) is 2. The second kappa shape index (κ2) is 14.7. The normalized spacial score (nSPS) is 19.9. The predicted molar refractivity (Wildman–Crippen MR) is 154 cm³/mol. The number of nitrogens with one attached hydrogen (secondary N) is 2. The topological polar surface area (TPSA) is 166 Å². The lowest BCUT2D eigenvalue weighted by molar-refractivity contribution is 0.0368. The zero-order chi connectivity index (χ0) is 28.5. The largest absolute Gasteiger partial charge is 0.379 e. The lowest BCUT2D eigenvalue weighted by Gasteiger charge is -2.33. The monoisotopic (exact) mass is 594 g/mol. The zero-order valence-electron chi connectivity index (χ0n) is 23.6. The molecule has 0 unspecified atom stereocenters. The van der Waals surface area contributed by atoms with Gasteiger partial charge in [0.1, 0.15) is 17.3 Å². The smallest absolute Gasteiger partial charge is 0.326 e. The number of hydrogen-bond acceptors (Lipinski definition) is 12. The predicted octanol–water partition coefficient (Wildman–Crippen LogP) is 0.293. The summed E-state index contributed by atoms with van der Waals surface area (Å²) < 4.78 is 24.1. The maximum Gasteiger partial charge on any atom is 0.326 e. The number of likely N-dealkylation sites (tertiary alicyclic amines) is 1. The first-order valence-electron chi connectivity index (χ1n) is 14.6. The molecule has 0 saturated carbocycles. The maximum atomic E-state index is 11.2.